The summed E-state index contributed by atoms with van der Waals surface area (Å²) in [6.07, 6.45) is -7.03. The minimum Gasteiger partial charge on any atom is -0.487 e. The molecule has 0 spiro atoms. The Bertz CT molecular complexity index is 462. The van der Waals surface area contributed by atoms with Crippen molar-refractivity contribution in [3.05, 3.63) is 33.9 Å². The van der Waals surface area contributed by atoms with Crippen molar-refractivity contribution < 1.29 is 27.9 Å². The van der Waals surface area contributed by atoms with E-state index in [1.54, 1.807) is 6.92 Å². The summed E-state index contributed by atoms with van der Waals surface area (Å²) in [4.78, 5) is 9.92. The molecule has 106 valence electrons. The number of halogens is 3. The van der Waals surface area contributed by atoms with E-state index in [9.17, 15) is 23.3 Å². The zero-order chi connectivity index (χ0) is 14.6. The molecule has 1 rings (SSSR count). The molecule has 1 unspecified atom stereocenters. The largest absolute Gasteiger partial charge is 0.487 e. The summed E-state index contributed by atoms with van der Waals surface area (Å²) in [5, 5.41) is 19.8. The van der Waals surface area contributed by atoms with E-state index in [0.29, 0.717) is 12.5 Å². The maximum Gasteiger partial charge on any atom is 0.418 e. The molecule has 0 bridgehead atoms. The van der Waals surface area contributed by atoms with Gasteiger partial charge in [0.2, 0.25) is 0 Å². The summed E-state index contributed by atoms with van der Waals surface area (Å²) < 4.78 is 42.0. The molecule has 0 saturated heterocycles. The lowest BCUT2D eigenvalue weighted by Gasteiger charge is -2.15. The van der Waals surface area contributed by atoms with Crippen LogP contribution >= 0.6 is 0 Å². The average Bonchev–Trinajstić information content (AvgIpc) is 2.34. The first-order valence-corrected chi connectivity index (χ1v) is 5.43. The van der Waals surface area contributed by atoms with Crippen LogP contribution in [0.15, 0.2) is 18.2 Å². The molecule has 1 N–H and O–H groups in total. The lowest BCUT2D eigenvalue weighted by Crippen LogP contribution is -2.20. The molecule has 5 nitrogen and oxygen atoms in total. The van der Waals surface area contributed by atoms with E-state index >= 15 is 0 Å². The van der Waals surface area contributed by atoms with Crippen molar-refractivity contribution >= 4 is 5.69 Å². The van der Waals surface area contributed by atoms with E-state index in [2.05, 4.69) is 0 Å². The van der Waals surface area contributed by atoms with Crippen LogP contribution in [0.3, 0.4) is 0 Å². The van der Waals surface area contributed by atoms with Crippen LogP contribution in [0, 0.1) is 10.1 Å². The minimum absolute atomic E-state index is 0.120. The second-order valence-electron chi connectivity index (χ2n) is 3.78. The van der Waals surface area contributed by atoms with Gasteiger partial charge in [0.1, 0.15) is 0 Å². The maximum atomic E-state index is 12.3. The van der Waals surface area contributed by atoms with Gasteiger partial charge >= 0.3 is 11.9 Å². The molecular formula is C11H12F3NO4. The van der Waals surface area contributed by atoms with Crippen LogP contribution in [0.25, 0.3) is 0 Å². The summed E-state index contributed by atoms with van der Waals surface area (Å²) in [5.41, 5.74) is -1.20. The number of nitro benzene ring substituents is 1. The van der Waals surface area contributed by atoms with Gasteiger partial charge < -0.3 is 9.84 Å². The van der Waals surface area contributed by atoms with Gasteiger partial charge in [-0.1, -0.05) is 13.0 Å². The van der Waals surface area contributed by atoms with Crippen molar-refractivity contribution in [3.8, 4) is 5.75 Å². The number of aliphatic hydroxyl groups excluding tert-OH is 1. The molecule has 19 heavy (non-hydrogen) atoms. The fourth-order valence-corrected chi connectivity index (χ4v) is 1.37. The average molecular weight is 279 g/mol. The highest BCUT2D eigenvalue weighted by atomic mass is 19.4. The van der Waals surface area contributed by atoms with Crippen LogP contribution in [0.1, 0.15) is 25.0 Å². The summed E-state index contributed by atoms with van der Waals surface area (Å²) in [6, 6.07) is 2.68. The fourth-order valence-electron chi connectivity index (χ4n) is 1.37. The van der Waals surface area contributed by atoms with Crippen LogP contribution in [0.5, 0.6) is 5.75 Å². The number of ether oxygens (including phenoxy) is 1. The van der Waals surface area contributed by atoms with Gasteiger partial charge in [-0.05, 0) is 18.1 Å². The number of aliphatic hydroxyl groups is 1. The summed E-state index contributed by atoms with van der Waals surface area (Å²) in [5.74, 6) is -0.120. The first-order chi connectivity index (χ1) is 8.77. The molecule has 0 aliphatic rings. The molecule has 0 aliphatic carbocycles. The molecule has 0 radical (unpaired) electrons. The second-order valence-corrected chi connectivity index (χ2v) is 3.78. The third-order valence-electron chi connectivity index (χ3n) is 2.27. The normalized spacial score (nSPS) is 13.1. The van der Waals surface area contributed by atoms with Gasteiger partial charge in [-0.3, -0.25) is 10.1 Å². The Kier molecular flexibility index (Phi) is 4.71. The fraction of sp³-hybridized carbons (Fsp3) is 0.455. The van der Waals surface area contributed by atoms with Gasteiger partial charge in [0, 0.05) is 6.07 Å². The first kappa shape index (κ1) is 15.2. The number of nitrogens with zero attached hydrogens (tertiary/aromatic N) is 1. The Labute approximate surface area is 106 Å². The van der Waals surface area contributed by atoms with Crippen molar-refractivity contribution in [2.24, 2.45) is 0 Å². The molecular weight excluding hydrogens is 267 g/mol. The number of nitro groups is 1. The van der Waals surface area contributed by atoms with Crippen molar-refractivity contribution in [2.45, 2.75) is 25.6 Å². The minimum atomic E-state index is -4.88. The van der Waals surface area contributed by atoms with Gasteiger partial charge in [-0.15, -0.1) is 0 Å². The number of rotatable bonds is 5. The summed E-state index contributed by atoms with van der Waals surface area (Å²) in [6.45, 7) is 2.00. The highest BCUT2D eigenvalue weighted by Crippen LogP contribution is 2.36. The van der Waals surface area contributed by atoms with Crippen molar-refractivity contribution in [3.63, 3.8) is 0 Å². The van der Waals surface area contributed by atoms with E-state index in [1.807, 2.05) is 0 Å². The van der Waals surface area contributed by atoms with Gasteiger partial charge in [0.25, 0.3) is 0 Å². The zero-order valence-corrected chi connectivity index (χ0v) is 9.98. The first-order valence-electron chi connectivity index (χ1n) is 5.43. The van der Waals surface area contributed by atoms with E-state index in [1.165, 1.54) is 0 Å². The third kappa shape index (κ3) is 3.82. The molecule has 0 fully saturated rings. The van der Waals surface area contributed by atoms with Gasteiger partial charge in [-0.25, -0.2) is 0 Å². The lowest BCUT2D eigenvalue weighted by atomic mass is 10.1. The van der Waals surface area contributed by atoms with E-state index < -0.39 is 28.5 Å². The molecule has 0 aromatic heterocycles. The van der Waals surface area contributed by atoms with Crippen molar-refractivity contribution in [1.82, 2.24) is 0 Å². The smallest absolute Gasteiger partial charge is 0.418 e. The van der Waals surface area contributed by atoms with E-state index in [4.69, 9.17) is 9.84 Å². The van der Waals surface area contributed by atoms with Crippen LogP contribution < -0.4 is 4.74 Å². The van der Waals surface area contributed by atoms with Crippen molar-refractivity contribution in [2.75, 3.05) is 6.61 Å². The Hall–Kier alpha value is -1.83. The lowest BCUT2D eigenvalue weighted by molar-refractivity contribution is -0.386. The van der Waals surface area contributed by atoms with Gasteiger partial charge in [-0.2, -0.15) is 13.2 Å². The number of alkyl halides is 3. The molecule has 0 aliphatic heterocycles. The predicted molar refractivity (Wildman–Crippen MR) is 59.9 cm³/mol. The van der Waals surface area contributed by atoms with Crippen molar-refractivity contribution in [1.29, 1.82) is 0 Å². The summed E-state index contributed by atoms with van der Waals surface area (Å²) in [7, 11) is 0. The molecule has 0 saturated carbocycles. The summed E-state index contributed by atoms with van der Waals surface area (Å²) >= 11 is 0. The number of hydrogen-bond acceptors (Lipinski definition) is 4. The van der Waals surface area contributed by atoms with Crippen LogP contribution in [0.4, 0.5) is 18.9 Å². The predicted octanol–water partition coefficient (Wildman–Crippen LogP) is 2.98. The Morgan fingerprint density at radius 3 is 2.58 bits per heavy atom. The van der Waals surface area contributed by atoms with Gasteiger partial charge in [0.05, 0.1) is 11.5 Å². The third-order valence-corrected chi connectivity index (χ3v) is 2.27. The molecule has 1 aromatic carbocycles. The molecule has 1 atom stereocenters. The molecule has 0 heterocycles. The standard InChI is InChI=1S/C11H12F3NO4/c1-2-5-19-9-4-3-7(6-8(9)15(17)18)10(16)11(12,13)14/h3-4,6,10,16H,2,5H2,1H3. The Morgan fingerprint density at radius 2 is 2.11 bits per heavy atom. The molecule has 1 aromatic rings. The van der Waals surface area contributed by atoms with Crippen LogP contribution in [-0.4, -0.2) is 22.8 Å². The van der Waals surface area contributed by atoms with Crippen LogP contribution in [0.2, 0.25) is 0 Å². The maximum absolute atomic E-state index is 12.3. The zero-order valence-electron chi connectivity index (χ0n) is 9.98. The van der Waals surface area contributed by atoms with Crippen LogP contribution in [-0.2, 0) is 0 Å². The second kappa shape index (κ2) is 5.87. The number of hydrogen-bond donors (Lipinski definition) is 1. The van der Waals surface area contributed by atoms with Gasteiger partial charge in [0.15, 0.2) is 11.9 Å². The highest BCUT2D eigenvalue weighted by molar-refractivity contribution is 5.49. The quantitative estimate of drug-likeness (QED) is 0.664. The SMILES string of the molecule is CCCOc1ccc(C(O)C(F)(F)F)cc1[N+](=O)[O-]. The Morgan fingerprint density at radius 1 is 1.47 bits per heavy atom. The molecule has 0 amide bonds. The monoisotopic (exact) mass is 279 g/mol. The highest BCUT2D eigenvalue weighted by Gasteiger charge is 2.40. The number of benzene rings is 1. The Balaban J connectivity index is 3.12. The van der Waals surface area contributed by atoms with E-state index in [0.717, 1.165) is 12.1 Å². The van der Waals surface area contributed by atoms with E-state index in [-0.39, 0.29) is 12.4 Å². The molecule has 8 heteroatoms. The topological polar surface area (TPSA) is 72.6 Å².